The fourth-order valence-corrected chi connectivity index (χ4v) is 3.64. The number of carbonyl (C=O) groups excluding carboxylic acids is 2. The number of carbonyl (C=O) groups is 2. The third-order valence-electron chi connectivity index (χ3n) is 5.31. The van der Waals surface area contributed by atoms with Crippen molar-refractivity contribution in [3.63, 3.8) is 0 Å². The lowest BCUT2D eigenvalue weighted by Gasteiger charge is -2.36. The summed E-state index contributed by atoms with van der Waals surface area (Å²) in [7, 11) is 0. The van der Waals surface area contributed by atoms with Crippen molar-refractivity contribution in [3.8, 4) is 0 Å². The first-order chi connectivity index (χ1) is 13.6. The number of benzene rings is 1. The van der Waals surface area contributed by atoms with E-state index in [1.54, 1.807) is 17.0 Å². The van der Waals surface area contributed by atoms with Gasteiger partial charge >= 0.3 is 6.03 Å². The van der Waals surface area contributed by atoms with Crippen molar-refractivity contribution >= 4 is 17.6 Å². The molecule has 28 heavy (non-hydrogen) atoms. The molecule has 0 atom stereocenters. The fourth-order valence-electron chi connectivity index (χ4n) is 3.64. The summed E-state index contributed by atoms with van der Waals surface area (Å²) in [5, 5.41) is 5.56. The summed E-state index contributed by atoms with van der Waals surface area (Å²) < 4.78 is 13.0. The van der Waals surface area contributed by atoms with Crippen LogP contribution in [0.1, 0.15) is 32.1 Å². The molecule has 0 unspecified atom stereocenters. The number of allylic oxidation sites excluding steroid dienone is 1. The van der Waals surface area contributed by atoms with Crippen molar-refractivity contribution in [3.05, 3.63) is 41.7 Å². The maximum absolute atomic E-state index is 13.0. The summed E-state index contributed by atoms with van der Waals surface area (Å²) >= 11 is 0. The van der Waals surface area contributed by atoms with Gasteiger partial charge in [0, 0.05) is 38.4 Å². The fraction of sp³-hybridized carbons (Fsp3) is 0.524. The van der Waals surface area contributed by atoms with Gasteiger partial charge in [-0.1, -0.05) is 11.6 Å². The number of nitrogens with zero attached hydrogens (tertiary/aromatic N) is 2. The molecule has 1 aromatic rings. The second kappa shape index (κ2) is 10.1. The van der Waals surface area contributed by atoms with Crippen molar-refractivity contribution in [2.24, 2.45) is 0 Å². The van der Waals surface area contributed by atoms with E-state index in [0.717, 1.165) is 24.9 Å². The predicted octanol–water partition coefficient (Wildman–Crippen LogP) is 2.66. The molecule has 0 radical (unpaired) electrons. The lowest BCUT2D eigenvalue weighted by molar-refractivity contribution is -0.120. The molecule has 6 nitrogen and oxygen atoms in total. The molecule has 0 spiro atoms. The molecule has 2 aliphatic rings. The van der Waals surface area contributed by atoms with E-state index in [-0.39, 0.29) is 24.3 Å². The number of amides is 3. The topological polar surface area (TPSA) is 64.7 Å². The summed E-state index contributed by atoms with van der Waals surface area (Å²) in [6.45, 7) is 3.12. The van der Waals surface area contributed by atoms with Gasteiger partial charge in [0.2, 0.25) is 5.91 Å². The Morgan fingerprint density at radius 3 is 2.43 bits per heavy atom. The lowest BCUT2D eigenvalue weighted by Crippen LogP contribution is -2.53. The summed E-state index contributed by atoms with van der Waals surface area (Å²) in [5.41, 5.74) is 2.38. The van der Waals surface area contributed by atoms with Crippen LogP contribution in [0.3, 0.4) is 0 Å². The van der Waals surface area contributed by atoms with Crippen LogP contribution in [0.25, 0.3) is 0 Å². The monoisotopic (exact) mass is 388 g/mol. The van der Waals surface area contributed by atoms with E-state index in [9.17, 15) is 14.0 Å². The second-order valence-corrected chi connectivity index (χ2v) is 7.32. The highest BCUT2D eigenvalue weighted by Crippen LogP contribution is 2.19. The number of urea groups is 1. The molecular formula is C21H29FN4O2. The number of halogens is 1. The van der Waals surface area contributed by atoms with Crippen LogP contribution in [0.4, 0.5) is 14.9 Å². The van der Waals surface area contributed by atoms with Crippen LogP contribution < -0.4 is 15.5 Å². The minimum Gasteiger partial charge on any atom is -0.368 e. The minimum atomic E-state index is -0.254. The molecule has 3 amide bonds. The van der Waals surface area contributed by atoms with E-state index in [0.29, 0.717) is 32.7 Å². The first kappa shape index (κ1) is 20.2. The van der Waals surface area contributed by atoms with Crippen molar-refractivity contribution < 1.29 is 14.0 Å². The summed E-state index contributed by atoms with van der Waals surface area (Å²) in [6, 6.07) is 6.16. The van der Waals surface area contributed by atoms with Crippen LogP contribution in [0.15, 0.2) is 35.9 Å². The van der Waals surface area contributed by atoms with Gasteiger partial charge in [-0.2, -0.15) is 0 Å². The van der Waals surface area contributed by atoms with E-state index < -0.39 is 0 Å². The zero-order valence-electron chi connectivity index (χ0n) is 16.3. The van der Waals surface area contributed by atoms with Gasteiger partial charge in [0.15, 0.2) is 0 Å². The van der Waals surface area contributed by atoms with Crippen LogP contribution in [0.5, 0.6) is 0 Å². The minimum absolute atomic E-state index is 0.00391. The van der Waals surface area contributed by atoms with Crippen molar-refractivity contribution in [2.75, 3.05) is 44.2 Å². The molecule has 0 saturated carbocycles. The average Bonchev–Trinajstić information content (AvgIpc) is 2.73. The van der Waals surface area contributed by atoms with Gasteiger partial charge in [0.1, 0.15) is 5.82 Å². The molecule has 1 aromatic carbocycles. The first-order valence-electron chi connectivity index (χ1n) is 10.1. The molecular weight excluding hydrogens is 359 g/mol. The standard InChI is InChI=1S/C21H29FN4O2/c22-18-6-8-19(9-7-18)25-12-14-26(15-13-25)21(28)24-16-20(27)23-11-10-17-4-2-1-3-5-17/h4,6-9H,1-3,5,10-16H2,(H,23,27)(H,24,28). The van der Waals surface area contributed by atoms with Gasteiger partial charge < -0.3 is 20.4 Å². The first-order valence-corrected chi connectivity index (χ1v) is 10.1. The Kier molecular flexibility index (Phi) is 7.28. The lowest BCUT2D eigenvalue weighted by atomic mass is 9.97. The third kappa shape index (κ3) is 5.97. The Labute approximate surface area is 165 Å². The maximum Gasteiger partial charge on any atom is 0.317 e. The Morgan fingerprint density at radius 2 is 1.75 bits per heavy atom. The smallest absolute Gasteiger partial charge is 0.317 e. The highest BCUT2D eigenvalue weighted by atomic mass is 19.1. The largest absolute Gasteiger partial charge is 0.368 e. The van der Waals surface area contributed by atoms with Crippen molar-refractivity contribution in [2.45, 2.75) is 32.1 Å². The van der Waals surface area contributed by atoms with Crippen molar-refractivity contribution in [1.29, 1.82) is 0 Å². The van der Waals surface area contributed by atoms with Crippen LogP contribution in [-0.2, 0) is 4.79 Å². The normalized spacial score (nSPS) is 17.1. The van der Waals surface area contributed by atoms with Gasteiger partial charge in [-0.25, -0.2) is 9.18 Å². The molecule has 0 bridgehead atoms. The molecule has 152 valence electrons. The highest BCUT2D eigenvalue weighted by Gasteiger charge is 2.21. The number of nitrogens with one attached hydrogen (secondary N) is 2. The van der Waals surface area contributed by atoms with E-state index in [4.69, 9.17) is 0 Å². The van der Waals surface area contributed by atoms with Gasteiger partial charge in [0.05, 0.1) is 6.54 Å². The molecule has 1 fully saturated rings. The molecule has 3 rings (SSSR count). The number of anilines is 1. The number of piperazine rings is 1. The molecule has 1 aliphatic heterocycles. The summed E-state index contributed by atoms with van der Waals surface area (Å²) in [5.74, 6) is -0.412. The third-order valence-corrected chi connectivity index (χ3v) is 5.31. The molecule has 1 aliphatic carbocycles. The quantitative estimate of drug-likeness (QED) is 0.737. The zero-order valence-corrected chi connectivity index (χ0v) is 16.3. The average molecular weight is 388 g/mol. The Balaban J connectivity index is 1.32. The Hall–Kier alpha value is -2.57. The maximum atomic E-state index is 13.0. The van der Waals surface area contributed by atoms with Gasteiger partial charge in [-0.3, -0.25) is 4.79 Å². The van der Waals surface area contributed by atoms with Crippen LogP contribution in [0, 0.1) is 5.82 Å². The second-order valence-electron chi connectivity index (χ2n) is 7.32. The number of rotatable bonds is 6. The van der Waals surface area contributed by atoms with Gasteiger partial charge in [-0.05, 0) is 56.4 Å². The van der Waals surface area contributed by atoms with Gasteiger partial charge in [0.25, 0.3) is 0 Å². The molecule has 1 heterocycles. The van der Waals surface area contributed by atoms with E-state index in [2.05, 4.69) is 21.6 Å². The molecule has 2 N–H and O–H groups in total. The van der Waals surface area contributed by atoms with E-state index >= 15 is 0 Å². The summed E-state index contributed by atoms with van der Waals surface area (Å²) in [4.78, 5) is 28.0. The molecule has 0 aromatic heterocycles. The van der Waals surface area contributed by atoms with Crippen LogP contribution in [-0.4, -0.2) is 56.1 Å². The zero-order chi connectivity index (χ0) is 19.8. The summed E-state index contributed by atoms with van der Waals surface area (Å²) in [6.07, 6.45) is 7.96. The predicted molar refractivity (Wildman–Crippen MR) is 108 cm³/mol. The highest BCUT2D eigenvalue weighted by molar-refractivity contribution is 5.84. The van der Waals surface area contributed by atoms with E-state index in [1.165, 1.54) is 30.5 Å². The Morgan fingerprint density at radius 1 is 1.00 bits per heavy atom. The SMILES string of the molecule is O=C(CNC(=O)N1CCN(c2ccc(F)cc2)CC1)NCCC1=CCCCC1. The number of hydrogen-bond acceptors (Lipinski definition) is 3. The van der Waals surface area contributed by atoms with Gasteiger partial charge in [-0.15, -0.1) is 0 Å². The molecule has 7 heteroatoms. The number of hydrogen-bond donors (Lipinski definition) is 2. The van der Waals surface area contributed by atoms with E-state index in [1.807, 2.05) is 0 Å². The molecule has 1 saturated heterocycles. The Bertz CT molecular complexity index is 697. The van der Waals surface area contributed by atoms with Crippen molar-refractivity contribution in [1.82, 2.24) is 15.5 Å². The van der Waals surface area contributed by atoms with Crippen LogP contribution >= 0.6 is 0 Å². The van der Waals surface area contributed by atoms with Crippen LogP contribution in [0.2, 0.25) is 0 Å².